The fourth-order valence-electron chi connectivity index (χ4n) is 5.55. The molecule has 0 unspecified atom stereocenters. The molecule has 1 amide bonds. The van der Waals surface area contributed by atoms with Crippen LogP contribution in [0.3, 0.4) is 0 Å². The fourth-order valence-corrected chi connectivity index (χ4v) is 7.70. The summed E-state index contributed by atoms with van der Waals surface area (Å²) in [6.07, 6.45) is 0.784. The van der Waals surface area contributed by atoms with Gasteiger partial charge in [-0.25, -0.2) is 26.8 Å². The molecule has 0 spiro atoms. The number of carbonyl (C=O) groups is 2. The first-order valence-electron chi connectivity index (χ1n) is 16.8. The maximum absolute atomic E-state index is 14.0. The number of halogens is 2. The number of hydrogen-bond acceptors (Lipinski definition) is 8. The molecular formula is C37H49F2N3O6S. The molecule has 0 aliphatic carbocycles. The Labute approximate surface area is 288 Å². The molecule has 0 bridgehead atoms. The summed E-state index contributed by atoms with van der Waals surface area (Å²) < 4.78 is 66.3. The average molecular weight is 702 g/mol. The number of hydrogen-bond donors (Lipinski definition) is 3. The number of carbonyl (C=O) groups excluding carboxylic acids is 2. The Hall–Kier alpha value is -3.87. The lowest BCUT2D eigenvalue weighted by molar-refractivity contribution is -0.151. The molecule has 9 nitrogen and oxygen atoms in total. The van der Waals surface area contributed by atoms with Gasteiger partial charge in [0.15, 0.2) is 9.84 Å². The Morgan fingerprint density at radius 3 is 2.10 bits per heavy atom. The first-order valence-corrected chi connectivity index (χ1v) is 18.5. The Kier molecular flexibility index (Phi) is 16.1. The zero-order valence-corrected chi connectivity index (χ0v) is 29.3. The van der Waals surface area contributed by atoms with E-state index in [0.29, 0.717) is 37.8 Å². The number of ether oxygens (including phenoxy) is 2. The van der Waals surface area contributed by atoms with E-state index in [1.165, 1.54) is 0 Å². The number of nitrogens with one attached hydrogen (secondary N) is 2. The highest BCUT2D eigenvalue weighted by atomic mass is 32.2. The van der Waals surface area contributed by atoms with E-state index in [-0.39, 0.29) is 25.1 Å². The molecule has 0 saturated heterocycles. The number of amides is 1. The second-order valence-corrected chi connectivity index (χ2v) is 14.5. The van der Waals surface area contributed by atoms with Gasteiger partial charge in [-0.1, -0.05) is 88.2 Å². The normalized spacial score (nSPS) is 13.4. The maximum Gasteiger partial charge on any atom is 0.408 e. The molecule has 4 N–H and O–H groups in total. The first kappa shape index (κ1) is 39.6. The highest BCUT2D eigenvalue weighted by Crippen LogP contribution is 2.18. The fraction of sp³-hybridized carbons (Fsp3) is 0.459. The molecule has 3 rings (SSSR count). The lowest BCUT2D eigenvalue weighted by atomic mass is 10.0. The Balaban J connectivity index is 1.85. The van der Waals surface area contributed by atoms with E-state index in [0.717, 1.165) is 35.7 Å². The highest BCUT2D eigenvalue weighted by molar-refractivity contribution is 7.92. The lowest BCUT2D eigenvalue weighted by Crippen LogP contribution is -2.52. The molecule has 12 heteroatoms. The number of nitrogens with two attached hydrogens (primary N) is 1. The minimum absolute atomic E-state index is 0.0350. The van der Waals surface area contributed by atoms with Crippen LogP contribution in [0, 0.1) is 11.6 Å². The zero-order valence-electron chi connectivity index (χ0n) is 28.5. The first-order chi connectivity index (χ1) is 23.4. The van der Waals surface area contributed by atoms with E-state index in [4.69, 9.17) is 15.2 Å². The van der Waals surface area contributed by atoms with Crippen molar-refractivity contribution in [2.45, 2.75) is 95.9 Å². The molecule has 49 heavy (non-hydrogen) atoms. The third-order valence-corrected chi connectivity index (χ3v) is 10.4. The van der Waals surface area contributed by atoms with Gasteiger partial charge in [0.2, 0.25) is 0 Å². The smallest absolute Gasteiger partial charge is 0.408 e. The number of alkyl carbamates (subject to hydrolysis) is 1. The van der Waals surface area contributed by atoms with Crippen molar-refractivity contribution >= 4 is 21.9 Å². The van der Waals surface area contributed by atoms with Crippen LogP contribution >= 0.6 is 0 Å². The van der Waals surface area contributed by atoms with Crippen LogP contribution in [0.1, 0.15) is 68.7 Å². The van der Waals surface area contributed by atoms with E-state index in [2.05, 4.69) is 10.6 Å². The van der Waals surface area contributed by atoms with E-state index < -0.39 is 62.7 Å². The summed E-state index contributed by atoms with van der Waals surface area (Å²) in [4.78, 5) is 26.7. The second-order valence-electron chi connectivity index (χ2n) is 12.2. The van der Waals surface area contributed by atoms with Crippen molar-refractivity contribution in [3.63, 3.8) is 0 Å². The number of aryl methyl sites for hydroxylation is 1. The molecule has 0 aromatic heterocycles. The zero-order chi connectivity index (χ0) is 35.8. The van der Waals surface area contributed by atoms with Crippen LogP contribution in [0.5, 0.6) is 0 Å². The van der Waals surface area contributed by atoms with Crippen LogP contribution in [0.2, 0.25) is 0 Å². The lowest BCUT2D eigenvalue weighted by Gasteiger charge is -2.28. The van der Waals surface area contributed by atoms with Gasteiger partial charge < -0.3 is 25.8 Å². The molecule has 0 aliphatic rings. The van der Waals surface area contributed by atoms with Gasteiger partial charge in [0.05, 0.1) is 11.0 Å². The summed E-state index contributed by atoms with van der Waals surface area (Å²) in [7, 11) is -3.88. The topological polar surface area (TPSA) is 137 Å². The van der Waals surface area contributed by atoms with Crippen LogP contribution in [0.15, 0.2) is 72.8 Å². The van der Waals surface area contributed by atoms with E-state index in [1.54, 1.807) is 24.3 Å². The van der Waals surface area contributed by atoms with Crippen LogP contribution in [-0.4, -0.2) is 56.2 Å². The van der Waals surface area contributed by atoms with Gasteiger partial charge in [0.1, 0.15) is 30.4 Å². The third-order valence-electron chi connectivity index (χ3n) is 8.13. The van der Waals surface area contributed by atoms with Crippen molar-refractivity contribution < 1.29 is 36.3 Å². The predicted octanol–water partition coefficient (Wildman–Crippen LogP) is 5.78. The van der Waals surface area contributed by atoms with Crippen molar-refractivity contribution in [2.24, 2.45) is 5.73 Å². The van der Waals surface area contributed by atoms with Crippen molar-refractivity contribution in [1.29, 1.82) is 0 Å². The van der Waals surface area contributed by atoms with E-state index in [9.17, 15) is 26.8 Å². The molecule has 3 atom stereocenters. The molecule has 3 aromatic rings. The summed E-state index contributed by atoms with van der Waals surface area (Å²) in [5, 5.41) is 4.93. The van der Waals surface area contributed by atoms with Crippen molar-refractivity contribution in [1.82, 2.24) is 10.6 Å². The van der Waals surface area contributed by atoms with Gasteiger partial charge in [0.25, 0.3) is 0 Å². The number of rotatable bonds is 20. The quantitative estimate of drug-likeness (QED) is 0.126. The molecule has 0 heterocycles. The molecule has 3 aromatic carbocycles. The molecule has 268 valence electrons. The molecule has 0 aliphatic heterocycles. The molecular weight excluding hydrogens is 652 g/mol. The Bertz CT molecular complexity index is 1570. The van der Waals surface area contributed by atoms with Gasteiger partial charge >= 0.3 is 12.1 Å². The second kappa shape index (κ2) is 20.0. The van der Waals surface area contributed by atoms with Gasteiger partial charge in [-0.15, -0.1) is 0 Å². The maximum atomic E-state index is 14.0. The van der Waals surface area contributed by atoms with Crippen LogP contribution < -0.4 is 16.4 Å². The van der Waals surface area contributed by atoms with Gasteiger partial charge in [-0.2, -0.15) is 0 Å². The van der Waals surface area contributed by atoms with Crippen LogP contribution in [0.4, 0.5) is 13.6 Å². The summed E-state index contributed by atoms with van der Waals surface area (Å²) >= 11 is 0. The number of benzene rings is 3. The summed E-state index contributed by atoms with van der Waals surface area (Å²) in [6, 6.07) is 17.3. The monoisotopic (exact) mass is 701 g/mol. The number of esters is 1. The number of sulfone groups is 1. The predicted molar refractivity (Wildman–Crippen MR) is 186 cm³/mol. The van der Waals surface area contributed by atoms with Crippen LogP contribution in [-0.2, 0) is 50.1 Å². The summed E-state index contributed by atoms with van der Waals surface area (Å²) in [5.41, 5.74) is 9.58. The van der Waals surface area contributed by atoms with Crippen molar-refractivity contribution in [3.05, 3.63) is 107 Å². The van der Waals surface area contributed by atoms with Crippen molar-refractivity contribution in [3.8, 4) is 0 Å². The van der Waals surface area contributed by atoms with E-state index in [1.807, 2.05) is 51.1 Å². The van der Waals surface area contributed by atoms with E-state index >= 15 is 0 Å². The van der Waals surface area contributed by atoms with Crippen LogP contribution in [0.25, 0.3) is 0 Å². The Morgan fingerprint density at radius 1 is 0.837 bits per heavy atom. The minimum atomic E-state index is -3.88. The summed E-state index contributed by atoms with van der Waals surface area (Å²) in [6.45, 7) is 6.14. The average Bonchev–Trinajstić information content (AvgIpc) is 3.06. The van der Waals surface area contributed by atoms with Gasteiger partial charge in [-0.3, -0.25) is 0 Å². The summed E-state index contributed by atoms with van der Waals surface area (Å²) in [5.74, 6) is -3.28. The van der Waals surface area contributed by atoms with Gasteiger partial charge in [0, 0.05) is 25.2 Å². The third kappa shape index (κ3) is 13.5. The molecule has 0 fully saturated rings. The largest absolute Gasteiger partial charge is 0.458 e. The standard InChI is InChI=1S/C37H49F2N3O6S/c1-4-11-32(12-5-2)49(45,46)25-34(42-37(44)47-24-27-13-8-7-9-14-27)36(43)48-35(23-41-22-28-16-10-15-26(6-3)17-28)33(40)20-29-18-30(38)21-31(39)19-29/h7-10,13-19,21,32-35,41H,4-6,11-12,20,22-25,40H2,1-3H3,(H,42,44)/t33-,34+,35+/m0/s1. The van der Waals surface area contributed by atoms with Gasteiger partial charge in [-0.05, 0) is 60.1 Å². The SMILES string of the molecule is CCCC(CCC)S(=O)(=O)C[C@@H](NC(=O)OCc1ccccc1)C(=O)O[C@H](CNCc1cccc(CC)c1)[C@@H](N)Cc1cc(F)cc(F)c1. The molecule has 0 radical (unpaired) electrons. The molecule has 0 saturated carbocycles. The minimum Gasteiger partial charge on any atom is -0.458 e. The highest BCUT2D eigenvalue weighted by Gasteiger charge is 2.35. The Morgan fingerprint density at radius 2 is 1.47 bits per heavy atom. The van der Waals surface area contributed by atoms with Crippen molar-refractivity contribution in [2.75, 3.05) is 12.3 Å².